The molecule has 0 aromatic heterocycles. The Hall–Kier alpha value is -2.24. The molecule has 2 fully saturated rings. The summed E-state index contributed by atoms with van der Waals surface area (Å²) in [5, 5.41) is 9.71. The van der Waals surface area contributed by atoms with Gasteiger partial charge in [-0.05, 0) is 61.3 Å². The molecular formula is C23H31N3O2. The Balaban J connectivity index is 1.30. The second-order valence-electron chi connectivity index (χ2n) is 7.92. The van der Waals surface area contributed by atoms with Crippen LogP contribution in [0.1, 0.15) is 18.4 Å². The molecule has 0 unspecified atom stereocenters. The Morgan fingerprint density at radius 2 is 1.79 bits per heavy atom. The molecule has 2 aromatic rings. The summed E-state index contributed by atoms with van der Waals surface area (Å²) in [4.78, 5) is 7.69. The Morgan fingerprint density at radius 1 is 1.00 bits per heavy atom. The minimum absolute atomic E-state index is 0.362. The number of methoxy groups -OCH3 is 1. The number of phenolic OH excluding ortho intramolecular Hbond substituents is 1. The van der Waals surface area contributed by atoms with E-state index in [2.05, 4.69) is 32.9 Å². The van der Waals surface area contributed by atoms with Crippen LogP contribution in [0, 0.1) is 0 Å². The number of likely N-dealkylation sites (tertiary alicyclic amines) is 1. The van der Waals surface area contributed by atoms with E-state index in [0.29, 0.717) is 11.8 Å². The van der Waals surface area contributed by atoms with Crippen LogP contribution in [0.2, 0.25) is 0 Å². The quantitative estimate of drug-likeness (QED) is 0.861. The summed E-state index contributed by atoms with van der Waals surface area (Å²) >= 11 is 0. The van der Waals surface area contributed by atoms with Crippen LogP contribution >= 0.6 is 0 Å². The fraction of sp³-hybridized carbons (Fsp3) is 0.478. The summed E-state index contributed by atoms with van der Waals surface area (Å²) in [6, 6.07) is 16.7. The van der Waals surface area contributed by atoms with Gasteiger partial charge in [0.25, 0.3) is 0 Å². The van der Waals surface area contributed by atoms with Crippen molar-refractivity contribution in [2.24, 2.45) is 0 Å². The van der Waals surface area contributed by atoms with Crippen LogP contribution in [-0.2, 0) is 6.54 Å². The molecule has 150 valence electrons. The lowest BCUT2D eigenvalue weighted by Gasteiger charge is -2.44. The van der Waals surface area contributed by atoms with Gasteiger partial charge in [-0.3, -0.25) is 9.80 Å². The maximum Gasteiger partial charge on any atom is 0.119 e. The van der Waals surface area contributed by atoms with Crippen molar-refractivity contribution in [1.29, 1.82) is 0 Å². The summed E-state index contributed by atoms with van der Waals surface area (Å²) in [5.41, 5.74) is 2.49. The summed E-state index contributed by atoms with van der Waals surface area (Å²) in [5.74, 6) is 1.28. The first-order valence-corrected chi connectivity index (χ1v) is 10.3. The zero-order chi connectivity index (χ0) is 19.3. The summed E-state index contributed by atoms with van der Waals surface area (Å²) in [6.07, 6.45) is 2.54. The Kier molecular flexibility index (Phi) is 6.03. The van der Waals surface area contributed by atoms with Gasteiger partial charge in [-0.25, -0.2) is 0 Å². The van der Waals surface area contributed by atoms with Gasteiger partial charge in [-0.15, -0.1) is 0 Å². The SMILES string of the molecule is COc1ccc(N2CCN([C@@H]3CCCN(Cc4cccc(O)c4)C3)CC2)cc1. The number of hydrogen-bond donors (Lipinski definition) is 1. The van der Waals surface area contributed by atoms with E-state index in [4.69, 9.17) is 4.74 Å². The van der Waals surface area contributed by atoms with Crippen molar-refractivity contribution < 1.29 is 9.84 Å². The summed E-state index contributed by atoms with van der Waals surface area (Å²) in [7, 11) is 1.71. The predicted octanol–water partition coefficient (Wildman–Crippen LogP) is 3.19. The highest BCUT2D eigenvalue weighted by Crippen LogP contribution is 2.24. The molecule has 0 aliphatic carbocycles. The van der Waals surface area contributed by atoms with Crippen LogP contribution in [0.15, 0.2) is 48.5 Å². The molecule has 5 nitrogen and oxygen atoms in total. The molecule has 2 aromatic carbocycles. The maximum atomic E-state index is 9.71. The van der Waals surface area contributed by atoms with Crippen LogP contribution < -0.4 is 9.64 Å². The molecule has 0 radical (unpaired) electrons. The number of ether oxygens (including phenoxy) is 1. The molecule has 1 atom stereocenters. The van der Waals surface area contributed by atoms with Crippen molar-refractivity contribution in [2.75, 3.05) is 51.3 Å². The molecule has 2 heterocycles. The van der Waals surface area contributed by atoms with E-state index in [1.54, 1.807) is 13.2 Å². The van der Waals surface area contributed by atoms with Gasteiger partial charge >= 0.3 is 0 Å². The first-order valence-electron chi connectivity index (χ1n) is 10.3. The number of hydrogen-bond acceptors (Lipinski definition) is 5. The number of piperazine rings is 1. The second-order valence-corrected chi connectivity index (χ2v) is 7.92. The number of benzene rings is 2. The highest BCUT2D eigenvalue weighted by Gasteiger charge is 2.28. The van der Waals surface area contributed by atoms with E-state index in [9.17, 15) is 5.11 Å². The third-order valence-corrected chi connectivity index (χ3v) is 6.07. The lowest BCUT2D eigenvalue weighted by molar-refractivity contribution is 0.0887. The average Bonchev–Trinajstić information content (AvgIpc) is 2.74. The number of aromatic hydroxyl groups is 1. The Morgan fingerprint density at radius 3 is 2.50 bits per heavy atom. The number of nitrogens with zero attached hydrogens (tertiary/aromatic N) is 3. The van der Waals surface area contributed by atoms with E-state index in [-0.39, 0.29) is 0 Å². The minimum atomic E-state index is 0.362. The second kappa shape index (κ2) is 8.84. The smallest absolute Gasteiger partial charge is 0.119 e. The minimum Gasteiger partial charge on any atom is -0.508 e. The molecule has 2 aliphatic heterocycles. The third kappa shape index (κ3) is 4.59. The lowest BCUT2D eigenvalue weighted by atomic mass is 10.0. The zero-order valence-electron chi connectivity index (χ0n) is 16.8. The number of piperidine rings is 1. The summed E-state index contributed by atoms with van der Waals surface area (Å²) < 4.78 is 5.27. The van der Waals surface area contributed by atoms with E-state index in [1.807, 2.05) is 24.3 Å². The van der Waals surface area contributed by atoms with Gasteiger partial charge < -0.3 is 14.7 Å². The molecule has 0 amide bonds. The van der Waals surface area contributed by atoms with E-state index in [1.165, 1.54) is 24.1 Å². The first kappa shape index (κ1) is 19.1. The monoisotopic (exact) mass is 381 g/mol. The maximum absolute atomic E-state index is 9.71. The molecule has 0 saturated carbocycles. The van der Waals surface area contributed by atoms with Crippen LogP contribution in [0.5, 0.6) is 11.5 Å². The van der Waals surface area contributed by atoms with Crippen LogP contribution in [0.25, 0.3) is 0 Å². The molecule has 1 N–H and O–H groups in total. The van der Waals surface area contributed by atoms with E-state index in [0.717, 1.165) is 51.6 Å². The van der Waals surface area contributed by atoms with Gasteiger partial charge in [0.15, 0.2) is 0 Å². The normalized spacial score (nSPS) is 21.6. The van der Waals surface area contributed by atoms with Crippen LogP contribution in [-0.4, -0.2) is 67.3 Å². The van der Waals surface area contributed by atoms with Gasteiger partial charge in [0.2, 0.25) is 0 Å². The highest BCUT2D eigenvalue weighted by molar-refractivity contribution is 5.49. The molecule has 4 rings (SSSR count). The standard InChI is InChI=1S/C23H31N3O2/c1-28-23-9-7-20(8-10-23)25-12-14-26(15-13-25)21-5-3-11-24(18-21)17-19-4-2-6-22(27)16-19/h2,4,6-10,16,21,27H,3,5,11-15,17-18H2,1H3/t21-/m1/s1. The van der Waals surface area contributed by atoms with Crippen LogP contribution in [0.3, 0.4) is 0 Å². The van der Waals surface area contributed by atoms with E-state index >= 15 is 0 Å². The van der Waals surface area contributed by atoms with Gasteiger partial charge in [0.05, 0.1) is 7.11 Å². The Labute approximate surface area is 168 Å². The zero-order valence-corrected chi connectivity index (χ0v) is 16.8. The fourth-order valence-corrected chi connectivity index (χ4v) is 4.52. The van der Waals surface area contributed by atoms with Crippen molar-refractivity contribution in [1.82, 2.24) is 9.80 Å². The van der Waals surface area contributed by atoms with Gasteiger partial charge in [-0.2, -0.15) is 0 Å². The topological polar surface area (TPSA) is 39.2 Å². The third-order valence-electron chi connectivity index (χ3n) is 6.07. The number of phenols is 1. The highest BCUT2D eigenvalue weighted by atomic mass is 16.5. The van der Waals surface area contributed by atoms with Crippen molar-refractivity contribution in [3.8, 4) is 11.5 Å². The number of anilines is 1. The molecule has 0 spiro atoms. The molecule has 2 saturated heterocycles. The van der Waals surface area contributed by atoms with Crippen LogP contribution in [0.4, 0.5) is 5.69 Å². The van der Waals surface area contributed by atoms with Crippen molar-refractivity contribution >= 4 is 5.69 Å². The molecule has 28 heavy (non-hydrogen) atoms. The predicted molar refractivity (Wildman–Crippen MR) is 113 cm³/mol. The lowest BCUT2D eigenvalue weighted by Crippen LogP contribution is -2.55. The van der Waals surface area contributed by atoms with E-state index < -0.39 is 0 Å². The van der Waals surface area contributed by atoms with Gasteiger partial charge in [-0.1, -0.05) is 12.1 Å². The molecule has 2 aliphatic rings. The van der Waals surface area contributed by atoms with Gasteiger partial charge in [0.1, 0.15) is 11.5 Å². The first-order chi connectivity index (χ1) is 13.7. The molecule has 5 heteroatoms. The van der Waals surface area contributed by atoms with Gasteiger partial charge in [0, 0.05) is 51.0 Å². The number of rotatable bonds is 5. The summed E-state index contributed by atoms with van der Waals surface area (Å²) in [6.45, 7) is 7.60. The van der Waals surface area contributed by atoms with Crippen molar-refractivity contribution in [3.05, 3.63) is 54.1 Å². The molecular weight excluding hydrogens is 350 g/mol. The van der Waals surface area contributed by atoms with Crippen molar-refractivity contribution in [3.63, 3.8) is 0 Å². The van der Waals surface area contributed by atoms with Crippen molar-refractivity contribution in [2.45, 2.75) is 25.4 Å². The molecule has 0 bridgehead atoms. The largest absolute Gasteiger partial charge is 0.508 e. The average molecular weight is 382 g/mol. The Bertz CT molecular complexity index is 757. The fourth-order valence-electron chi connectivity index (χ4n) is 4.52.